The van der Waals surface area contributed by atoms with Crippen LogP contribution in [0.15, 0.2) is 24.3 Å². The third-order valence-electron chi connectivity index (χ3n) is 4.82. The largest absolute Gasteiger partial charge is 0.416 e. The van der Waals surface area contributed by atoms with E-state index in [-0.39, 0.29) is 12.0 Å². The molecule has 1 aliphatic carbocycles. The third-order valence-corrected chi connectivity index (χ3v) is 4.82. The van der Waals surface area contributed by atoms with Gasteiger partial charge in [-0.1, -0.05) is 12.1 Å². The van der Waals surface area contributed by atoms with Crippen LogP contribution in [0.2, 0.25) is 0 Å². The van der Waals surface area contributed by atoms with Crippen LogP contribution in [-0.2, 0) is 21.1 Å². The molecule has 1 unspecified atom stereocenters. The minimum atomic E-state index is -4.37. The van der Waals surface area contributed by atoms with Gasteiger partial charge in [0.05, 0.1) is 17.1 Å². The SMILES string of the molecule is NCC1CN(C(=O)C2(c3ccc(C(F)(F)F)cc3)CC2)CCCO1. The second kappa shape index (κ2) is 6.37. The fourth-order valence-corrected chi connectivity index (χ4v) is 3.25. The van der Waals surface area contributed by atoms with Gasteiger partial charge < -0.3 is 15.4 Å². The van der Waals surface area contributed by atoms with E-state index in [2.05, 4.69) is 0 Å². The Hall–Kier alpha value is -1.60. The molecule has 2 N–H and O–H groups in total. The highest BCUT2D eigenvalue weighted by Crippen LogP contribution is 2.50. The topological polar surface area (TPSA) is 55.6 Å². The van der Waals surface area contributed by atoms with Crippen molar-refractivity contribution in [1.29, 1.82) is 0 Å². The summed E-state index contributed by atoms with van der Waals surface area (Å²) in [4.78, 5) is 14.7. The summed E-state index contributed by atoms with van der Waals surface area (Å²) in [6.07, 6.45) is -2.47. The highest BCUT2D eigenvalue weighted by atomic mass is 19.4. The lowest BCUT2D eigenvalue weighted by molar-refractivity contribution is -0.137. The lowest BCUT2D eigenvalue weighted by Gasteiger charge is -2.28. The van der Waals surface area contributed by atoms with Gasteiger partial charge in [-0.15, -0.1) is 0 Å². The number of benzene rings is 1. The van der Waals surface area contributed by atoms with E-state index in [4.69, 9.17) is 10.5 Å². The highest BCUT2D eigenvalue weighted by molar-refractivity contribution is 5.91. The second-order valence-corrected chi connectivity index (χ2v) is 6.49. The first-order chi connectivity index (χ1) is 11.4. The molecule has 0 radical (unpaired) electrons. The van der Waals surface area contributed by atoms with E-state index < -0.39 is 17.2 Å². The van der Waals surface area contributed by atoms with Gasteiger partial charge in [-0.25, -0.2) is 0 Å². The summed E-state index contributed by atoms with van der Waals surface area (Å²) in [7, 11) is 0. The van der Waals surface area contributed by atoms with Crippen molar-refractivity contribution in [1.82, 2.24) is 4.90 Å². The quantitative estimate of drug-likeness (QED) is 0.917. The summed E-state index contributed by atoms with van der Waals surface area (Å²) in [5.74, 6) is -0.0220. The van der Waals surface area contributed by atoms with Gasteiger partial charge in [0.1, 0.15) is 0 Å². The van der Waals surface area contributed by atoms with Gasteiger partial charge in [0.15, 0.2) is 0 Å². The summed E-state index contributed by atoms with van der Waals surface area (Å²) in [5, 5.41) is 0. The normalized spacial score (nSPS) is 23.7. The number of rotatable bonds is 3. The van der Waals surface area contributed by atoms with Gasteiger partial charge in [0.2, 0.25) is 5.91 Å². The molecular weight excluding hydrogens is 321 g/mol. The summed E-state index contributed by atoms with van der Waals surface area (Å²) < 4.78 is 43.7. The van der Waals surface area contributed by atoms with E-state index in [0.29, 0.717) is 44.6 Å². The van der Waals surface area contributed by atoms with Crippen LogP contribution in [0.5, 0.6) is 0 Å². The number of ether oxygens (including phenoxy) is 1. The van der Waals surface area contributed by atoms with Gasteiger partial charge >= 0.3 is 6.18 Å². The molecule has 1 aliphatic heterocycles. The van der Waals surface area contributed by atoms with Crippen molar-refractivity contribution in [2.75, 3.05) is 26.2 Å². The number of nitrogens with two attached hydrogens (primary N) is 1. The average molecular weight is 342 g/mol. The van der Waals surface area contributed by atoms with Gasteiger partial charge in [-0.2, -0.15) is 13.2 Å². The van der Waals surface area contributed by atoms with Crippen LogP contribution in [0.1, 0.15) is 30.4 Å². The van der Waals surface area contributed by atoms with Gasteiger partial charge in [0, 0.05) is 26.2 Å². The maximum absolute atomic E-state index is 13.0. The van der Waals surface area contributed by atoms with Crippen molar-refractivity contribution in [3.8, 4) is 0 Å². The van der Waals surface area contributed by atoms with Crippen LogP contribution in [0.25, 0.3) is 0 Å². The molecular formula is C17H21F3N2O2. The molecule has 0 spiro atoms. The summed E-state index contributed by atoms with van der Waals surface area (Å²) in [6, 6.07) is 4.97. The van der Waals surface area contributed by atoms with Crippen LogP contribution in [-0.4, -0.2) is 43.2 Å². The Morgan fingerprint density at radius 3 is 2.50 bits per heavy atom. The molecule has 2 aliphatic rings. The van der Waals surface area contributed by atoms with Gasteiger partial charge in [-0.05, 0) is 37.0 Å². The van der Waals surface area contributed by atoms with E-state index >= 15 is 0 Å². The number of hydrogen-bond acceptors (Lipinski definition) is 3. The molecule has 132 valence electrons. The first-order valence-electron chi connectivity index (χ1n) is 8.15. The zero-order chi connectivity index (χ0) is 17.4. The number of carbonyl (C=O) groups excluding carboxylic acids is 1. The van der Waals surface area contributed by atoms with E-state index in [1.165, 1.54) is 12.1 Å². The molecule has 1 saturated carbocycles. The molecule has 3 rings (SSSR count). The number of alkyl halides is 3. The number of amides is 1. The lowest BCUT2D eigenvalue weighted by Crippen LogP contribution is -2.44. The van der Waals surface area contributed by atoms with Crippen LogP contribution >= 0.6 is 0 Å². The maximum atomic E-state index is 13.0. The Balaban J connectivity index is 1.78. The van der Waals surface area contributed by atoms with E-state index in [1.54, 1.807) is 4.90 Å². The molecule has 1 aromatic carbocycles. The fourth-order valence-electron chi connectivity index (χ4n) is 3.25. The van der Waals surface area contributed by atoms with E-state index in [0.717, 1.165) is 18.6 Å². The maximum Gasteiger partial charge on any atom is 0.416 e. The molecule has 7 heteroatoms. The summed E-state index contributed by atoms with van der Waals surface area (Å²) in [6.45, 7) is 1.95. The lowest BCUT2D eigenvalue weighted by atomic mass is 9.93. The number of hydrogen-bond donors (Lipinski definition) is 1. The summed E-state index contributed by atoms with van der Waals surface area (Å²) >= 11 is 0. The molecule has 2 fully saturated rings. The Labute approximate surface area is 138 Å². The number of carbonyl (C=O) groups is 1. The smallest absolute Gasteiger partial charge is 0.375 e. The van der Waals surface area contributed by atoms with Crippen molar-refractivity contribution in [2.24, 2.45) is 5.73 Å². The van der Waals surface area contributed by atoms with Crippen molar-refractivity contribution in [3.63, 3.8) is 0 Å². The Kier molecular flexibility index (Phi) is 4.57. The molecule has 1 aromatic rings. The summed E-state index contributed by atoms with van der Waals surface area (Å²) in [5.41, 5.74) is 4.95. The van der Waals surface area contributed by atoms with Gasteiger partial charge in [0.25, 0.3) is 0 Å². The van der Waals surface area contributed by atoms with Crippen LogP contribution in [0.3, 0.4) is 0 Å². The Bertz CT molecular complexity index is 597. The predicted molar refractivity (Wildman–Crippen MR) is 82.3 cm³/mol. The van der Waals surface area contributed by atoms with E-state index in [9.17, 15) is 18.0 Å². The first-order valence-corrected chi connectivity index (χ1v) is 8.15. The van der Waals surface area contributed by atoms with Crippen LogP contribution < -0.4 is 5.73 Å². The molecule has 4 nitrogen and oxygen atoms in total. The molecule has 1 amide bonds. The second-order valence-electron chi connectivity index (χ2n) is 6.49. The standard InChI is InChI=1S/C17H21F3N2O2/c18-17(19,20)13-4-2-12(3-5-13)16(6-7-16)15(23)22-8-1-9-24-14(10-21)11-22/h2-5,14H,1,6-11,21H2. The molecule has 1 heterocycles. The Morgan fingerprint density at radius 1 is 1.29 bits per heavy atom. The molecule has 0 bridgehead atoms. The van der Waals surface area contributed by atoms with Crippen molar-refractivity contribution >= 4 is 5.91 Å². The molecule has 1 saturated heterocycles. The monoisotopic (exact) mass is 342 g/mol. The molecule has 1 atom stereocenters. The van der Waals surface area contributed by atoms with E-state index in [1.807, 2.05) is 0 Å². The van der Waals surface area contributed by atoms with Crippen LogP contribution in [0.4, 0.5) is 13.2 Å². The van der Waals surface area contributed by atoms with Gasteiger partial charge in [-0.3, -0.25) is 4.79 Å². The zero-order valence-electron chi connectivity index (χ0n) is 13.3. The Morgan fingerprint density at radius 2 is 1.96 bits per heavy atom. The molecule has 0 aromatic heterocycles. The highest BCUT2D eigenvalue weighted by Gasteiger charge is 2.53. The molecule has 24 heavy (non-hydrogen) atoms. The minimum absolute atomic E-state index is 0.0220. The average Bonchev–Trinajstić information content (AvgIpc) is 3.38. The first kappa shape index (κ1) is 17.2. The van der Waals surface area contributed by atoms with Crippen molar-refractivity contribution in [3.05, 3.63) is 35.4 Å². The number of nitrogens with zero attached hydrogens (tertiary/aromatic N) is 1. The van der Waals surface area contributed by atoms with Crippen LogP contribution in [0, 0.1) is 0 Å². The van der Waals surface area contributed by atoms with Crippen molar-refractivity contribution in [2.45, 2.75) is 37.0 Å². The predicted octanol–water partition coefficient (Wildman–Crippen LogP) is 2.31. The zero-order valence-corrected chi connectivity index (χ0v) is 13.3. The third kappa shape index (κ3) is 3.28. The van der Waals surface area contributed by atoms with Crippen molar-refractivity contribution < 1.29 is 22.7 Å². The fraction of sp³-hybridized carbons (Fsp3) is 0.588. The number of halogens is 3. The minimum Gasteiger partial charge on any atom is -0.375 e.